The highest BCUT2D eigenvalue weighted by Gasteiger charge is 2.18. The third-order valence-corrected chi connectivity index (χ3v) is 5.04. The molecule has 1 N–H and O–H groups in total. The fraction of sp³-hybridized carbons (Fsp3) is 0.300. The third kappa shape index (κ3) is 3.71. The zero-order chi connectivity index (χ0) is 18.8. The second-order valence-electron chi connectivity index (χ2n) is 6.68. The second-order valence-corrected chi connectivity index (χ2v) is 7.12. The van der Waals surface area contributed by atoms with Gasteiger partial charge in [0.2, 0.25) is 5.91 Å². The Labute approximate surface area is 161 Å². The molecule has 0 bridgehead atoms. The highest BCUT2D eigenvalue weighted by molar-refractivity contribution is 6.31. The fourth-order valence-electron chi connectivity index (χ4n) is 3.52. The van der Waals surface area contributed by atoms with Crippen molar-refractivity contribution < 1.29 is 9.21 Å². The molecule has 2 heterocycles. The number of hydrogen-bond donors (Lipinski definition) is 1. The molecule has 1 saturated heterocycles. The minimum atomic E-state index is -0.548. The predicted molar refractivity (Wildman–Crippen MR) is 107 cm³/mol. The molecule has 1 aromatic heterocycles. The number of benzene rings is 2. The first-order valence-electron chi connectivity index (χ1n) is 9.04. The number of oxazole rings is 1. The van der Waals surface area contributed by atoms with Crippen LogP contribution in [-0.4, -0.2) is 23.6 Å². The van der Waals surface area contributed by atoms with E-state index in [4.69, 9.17) is 16.0 Å². The topological polar surface area (TPSA) is 67.5 Å². The third-order valence-electron chi connectivity index (χ3n) is 4.80. The minimum Gasteiger partial charge on any atom is -0.408 e. The summed E-state index contributed by atoms with van der Waals surface area (Å²) in [6, 6.07) is 12.6. The number of rotatable bonds is 4. The van der Waals surface area contributed by atoms with Crippen LogP contribution in [0.4, 0.5) is 11.4 Å². The number of carbonyl (C=O) groups is 1. The Morgan fingerprint density at radius 1 is 1.11 bits per heavy atom. The first kappa shape index (κ1) is 17.7. The Morgan fingerprint density at radius 2 is 1.89 bits per heavy atom. The maximum Gasteiger partial charge on any atom is 0.420 e. The van der Waals surface area contributed by atoms with Gasteiger partial charge in [-0.25, -0.2) is 4.79 Å². The lowest BCUT2D eigenvalue weighted by Crippen LogP contribution is -2.31. The van der Waals surface area contributed by atoms with E-state index in [9.17, 15) is 9.59 Å². The highest BCUT2D eigenvalue weighted by Crippen LogP contribution is 2.31. The Hall–Kier alpha value is -2.73. The van der Waals surface area contributed by atoms with Gasteiger partial charge in [0.15, 0.2) is 5.58 Å². The standard InChI is InChI=1S/C20H20ClN3O3/c21-14-8-9-16(23-10-4-1-5-11-23)15(12-14)22-19(25)13-24-17-6-2-3-7-18(17)27-20(24)26/h2-3,6-9,12H,1,4-5,10-11,13H2,(H,22,25). The van der Waals surface area contributed by atoms with Crippen molar-refractivity contribution >= 4 is 40.0 Å². The predicted octanol–water partition coefficient (Wildman–Crippen LogP) is 3.88. The van der Waals surface area contributed by atoms with Crippen LogP contribution in [0.5, 0.6) is 0 Å². The van der Waals surface area contributed by atoms with Crippen LogP contribution in [0.15, 0.2) is 51.7 Å². The molecule has 7 heteroatoms. The summed E-state index contributed by atoms with van der Waals surface area (Å²) in [4.78, 5) is 27.0. The average molecular weight is 386 g/mol. The van der Waals surface area contributed by atoms with Crippen molar-refractivity contribution in [1.82, 2.24) is 4.57 Å². The summed E-state index contributed by atoms with van der Waals surface area (Å²) in [6.07, 6.45) is 3.49. The summed E-state index contributed by atoms with van der Waals surface area (Å²) < 4.78 is 6.52. The van der Waals surface area contributed by atoms with Crippen molar-refractivity contribution in [2.45, 2.75) is 25.8 Å². The van der Waals surface area contributed by atoms with Gasteiger partial charge in [-0.3, -0.25) is 9.36 Å². The summed E-state index contributed by atoms with van der Waals surface area (Å²) in [7, 11) is 0. The summed E-state index contributed by atoms with van der Waals surface area (Å²) >= 11 is 6.15. The molecule has 0 unspecified atom stereocenters. The van der Waals surface area contributed by atoms with Gasteiger partial charge in [0, 0.05) is 18.1 Å². The van der Waals surface area contributed by atoms with Gasteiger partial charge in [-0.15, -0.1) is 0 Å². The van der Waals surface area contributed by atoms with Gasteiger partial charge in [-0.05, 0) is 49.6 Å². The molecule has 140 valence electrons. The first-order chi connectivity index (χ1) is 13.1. The maximum absolute atomic E-state index is 12.6. The Bertz CT molecular complexity index is 1030. The lowest BCUT2D eigenvalue weighted by Gasteiger charge is -2.30. The van der Waals surface area contributed by atoms with Crippen LogP contribution >= 0.6 is 11.6 Å². The fourth-order valence-corrected chi connectivity index (χ4v) is 3.69. The Kier molecular flexibility index (Phi) is 4.90. The number of carbonyl (C=O) groups excluding carboxylic acids is 1. The number of piperidine rings is 1. The lowest BCUT2D eigenvalue weighted by atomic mass is 10.1. The molecule has 1 amide bonds. The molecular formula is C20H20ClN3O3. The van der Waals surface area contributed by atoms with Gasteiger partial charge in [0.25, 0.3) is 0 Å². The normalized spacial score (nSPS) is 14.5. The van der Waals surface area contributed by atoms with Gasteiger partial charge < -0.3 is 14.6 Å². The van der Waals surface area contributed by atoms with E-state index in [-0.39, 0.29) is 12.5 Å². The molecule has 6 nitrogen and oxygen atoms in total. The van der Waals surface area contributed by atoms with Crippen molar-refractivity contribution in [3.8, 4) is 0 Å². The van der Waals surface area contributed by atoms with E-state index in [1.807, 2.05) is 12.1 Å². The smallest absolute Gasteiger partial charge is 0.408 e. The van der Waals surface area contributed by atoms with Crippen LogP contribution in [0.2, 0.25) is 5.02 Å². The van der Waals surface area contributed by atoms with Crippen LogP contribution in [0.1, 0.15) is 19.3 Å². The van der Waals surface area contributed by atoms with Crippen molar-refractivity contribution in [3.05, 3.63) is 58.0 Å². The molecule has 27 heavy (non-hydrogen) atoms. The largest absolute Gasteiger partial charge is 0.420 e. The van der Waals surface area contributed by atoms with Crippen LogP contribution in [0, 0.1) is 0 Å². The zero-order valence-electron chi connectivity index (χ0n) is 14.8. The van der Waals surface area contributed by atoms with Crippen molar-refractivity contribution in [2.75, 3.05) is 23.3 Å². The van der Waals surface area contributed by atoms with Gasteiger partial charge in [-0.2, -0.15) is 0 Å². The van der Waals surface area contributed by atoms with Crippen molar-refractivity contribution in [3.63, 3.8) is 0 Å². The quantitative estimate of drug-likeness (QED) is 0.740. The Morgan fingerprint density at radius 3 is 2.70 bits per heavy atom. The SMILES string of the molecule is O=C(Cn1c(=O)oc2ccccc21)Nc1cc(Cl)ccc1N1CCCCC1. The summed E-state index contributed by atoms with van der Waals surface area (Å²) in [5.41, 5.74) is 2.68. The number of nitrogens with zero attached hydrogens (tertiary/aromatic N) is 2. The van der Waals surface area contributed by atoms with Gasteiger partial charge >= 0.3 is 5.76 Å². The van der Waals surface area contributed by atoms with Crippen LogP contribution in [0.25, 0.3) is 11.1 Å². The first-order valence-corrected chi connectivity index (χ1v) is 9.42. The number of anilines is 2. The lowest BCUT2D eigenvalue weighted by molar-refractivity contribution is -0.116. The molecule has 1 fully saturated rings. The minimum absolute atomic E-state index is 0.123. The molecule has 0 spiro atoms. The monoisotopic (exact) mass is 385 g/mol. The van der Waals surface area contributed by atoms with Gasteiger partial charge in [0.1, 0.15) is 6.54 Å². The van der Waals surface area contributed by atoms with E-state index in [2.05, 4.69) is 10.2 Å². The van der Waals surface area contributed by atoms with Gasteiger partial charge in [-0.1, -0.05) is 23.7 Å². The molecule has 2 aromatic carbocycles. The number of para-hydroxylation sites is 2. The molecule has 1 aliphatic rings. The van der Waals surface area contributed by atoms with Crippen LogP contribution in [-0.2, 0) is 11.3 Å². The van der Waals surface area contributed by atoms with E-state index in [0.717, 1.165) is 31.6 Å². The van der Waals surface area contributed by atoms with E-state index in [1.54, 1.807) is 30.3 Å². The number of halogens is 1. The summed E-state index contributed by atoms with van der Waals surface area (Å²) in [5.74, 6) is -0.849. The molecular weight excluding hydrogens is 366 g/mol. The number of nitrogens with one attached hydrogen (secondary N) is 1. The van der Waals surface area contributed by atoms with Crippen molar-refractivity contribution in [2.24, 2.45) is 0 Å². The molecule has 1 aliphatic heterocycles. The van der Waals surface area contributed by atoms with E-state index < -0.39 is 5.76 Å². The summed E-state index contributed by atoms with van der Waals surface area (Å²) in [5, 5.41) is 3.47. The molecule has 0 radical (unpaired) electrons. The zero-order valence-corrected chi connectivity index (χ0v) is 15.5. The molecule has 0 saturated carbocycles. The molecule has 3 aromatic rings. The second kappa shape index (κ2) is 7.48. The van der Waals surface area contributed by atoms with Gasteiger partial charge in [0.05, 0.1) is 16.9 Å². The van der Waals surface area contributed by atoms with Crippen LogP contribution < -0.4 is 16.0 Å². The number of hydrogen-bond acceptors (Lipinski definition) is 4. The molecule has 0 aliphatic carbocycles. The molecule has 4 rings (SSSR count). The average Bonchev–Trinajstić information content (AvgIpc) is 2.98. The van der Waals surface area contributed by atoms with Crippen molar-refractivity contribution in [1.29, 1.82) is 0 Å². The molecule has 0 atom stereocenters. The van der Waals surface area contributed by atoms with Crippen LogP contribution in [0.3, 0.4) is 0 Å². The highest BCUT2D eigenvalue weighted by atomic mass is 35.5. The number of aromatic nitrogens is 1. The van der Waals surface area contributed by atoms with E-state index >= 15 is 0 Å². The van der Waals surface area contributed by atoms with E-state index in [1.165, 1.54) is 11.0 Å². The maximum atomic E-state index is 12.6. The number of fused-ring (bicyclic) bond motifs is 1. The Balaban J connectivity index is 1.58. The summed E-state index contributed by atoms with van der Waals surface area (Å²) in [6.45, 7) is 1.79. The number of amides is 1. The van der Waals surface area contributed by atoms with E-state index in [0.29, 0.717) is 21.8 Å².